The molecule has 0 spiro atoms. The molecule has 0 aromatic heterocycles. The van der Waals surface area contributed by atoms with E-state index in [4.69, 9.17) is 4.74 Å². The van der Waals surface area contributed by atoms with Crippen molar-refractivity contribution in [1.29, 1.82) is 0 Å². The molecule has 2 rings (SSSR count). The topological polar surface area (TPSA) is 71.0 Å². The van der Waals surface area contributed by atoms with Gasteiger partial charge in [-0.15, -0.1) is 0 Å². The van der Waals surface area contributed by atoms with Gasteiger partial charge in [0.2, 0.25) is 0 Å². The quantitative estimate of drug-likeness (QED) is 0.655. The highest BCUT2D eigenvalue weighted by Crippen LogP contribution is 2.23. The molecule has 1 N–H and O–H groups in total. The summed E-state index contributed by atoms with van der Waals surface area (Å²) in [6.45, 7) is 5.63. The summed E-state index contributed by atoms with van der Waals surface area (Å²) in [4.78, 5) is 6.34. The lowest BCUT2D eigenvalue weighted by atomic mass is 10.1. The number of methoxy groups -OCH3 is 1. The molecule has 24 heavy (non-hydrogen) atoms. The molecule has 1 aliphatic rings. The predicted octanol–water partition coefficient (Wildman–Crippen LogP) is 1.42. The van der Waals surface area contributed by atoms with Crippen molar-refractivity contribution in [2.75, 3.05) is 33.0 Å². The summed E-state index contributed by atoms with van der Waals surface area (Å²) in [5.74, 6) is 0.881. The Morgan fingerprint density at radius 3 is 2.58 bits per heavy atom. The fraction of sp³-hybridized carbons (Fsp3) is 0.588. The SMILES string of the molecule is CN=C(NCc1ccccc1COC)N1CCS(=O)(=O)C(C)(C)C1. The lowest BCUT2D eigenvalue weighted by Crippen LogP contribution is -2.57. The van der Waals surface area contributed by atoms with Crippen LogP contribution in [-0.4, -0.2) is 57.0 Å². The van der Waals surface area contributed by atoms with Crippen molar-refractivity contribution in [2.45, 2.75) is 31.7 Å². The van der Waals surface area contributed by atoms with Crippen LogP contribution in [0.5, 0.6) is 0 Å². The lowest BCUT2D eigenvalue weighted by molar-refractivity contribution is 0.184. The number of nitrogens with one attached hydrogen (secondary N) is 1. The van der Waals surface area contributed by atoms with Crippen molar-refractivity contribution in [2.24, 2.45) is 4.99 Å². The van der Waals surface area contributed by atoms with E-state index in [2.05, 4.69) is 16.4 Å². The van der Waals surface area contributed by atoms with E-state index in [1.165, 1.54) is 0 Å². The van der Waals surface area contributed by atoms with Crippen molar-refractivity contribution in [1.82, 2.24) is 10.2 Å². The molecule has 7 heteroatoms. The lowest BCUT2D eigenvalue weighted by Gasteiger charge is -2.39. The Hall–Kier alpha value is -1.60. The Bertz CT molecular complexity index is 699. The summed E-state index contributed by atoms with van der Waals surface area (Å²) < 4.78 is 28.8. The summed E-state index contributed by atoms with van der Waals surface area (Å²) in [5, 5.41) is 3.34. The van der Waals surface area contributed by atoms with Gasteiger partial charge in [-0.1, -0.05) is 24.3 Å². The predicted molar refractivity (Wildman–Crippen MR) is 96.8 cm³/mol. The molecule has 1 aliphatic heterocycles. The average Bonchev–Trinajstić information content (AvgIpc) is 2.53. The zero-order valence-electron chi connectivity index (χ0n) is 14.9. The first-order valence-electron chi connectivity index (χ1n) is 8.04. The van der Waals surface area contributed by atoms with Crippen LogP contribution in [0.4, 0.5) is 0 Å². The van der Waals surface area contributed by atoms with Gasteiger partial charge in [-0.3, -0.25) is 4.99 Å². The number of nitrogens with zero attached hydrogens (tertiary/aromatic N) is 2. The third-order valence-electron chi connectivity index (χ3n) is 4.41. The van der Waals surface area contributed by atoms with E-state index < -0.39 is 14.6 Å². The highest BCUT2D eigenvalue weighted by molar-refractivity contribution is 7.92. The molecule has 6 nitrogen and oxygen atoms in total. The number of hydrogen-bond donors (Lipinski definition) is 1. The van der Waals surface area contributed by atoms with E-state index in [1.54, 1.807) is 28.0 Å². The fourth-order valence-corrected chi connectivity index (χ4v) is 4.22. The zero-order valence-corrected chi connectivity index (χ0v) is 15.7. The molecule has 1 aromatic carbocycles. The third kappa shape index (κ3) is 4.08. The molecule has 0 amide bonds. The highest BCUT2D eigenvalue weighted by Gasteiger charge is 2.40. The highest BCUT2D eigenvalue weighted by atomic mass is 32.2. The van der Waals surface area contributed by atoms with Gasteiger partial charge in [0.1, 0.15) is 0 Å². The summed E-state index contributed by atoms with van der Waals surface area (Å²) >= 11 is 0. The second-order valence-corrected chi connectivity index (χ2v) is 9.35. The summed E-state index contributed by atoms with van der Waals surface area (Å²) in [6, 6.07) is 8.08. The van der Waals surface area contributed by atoms with Crippen LogP contribution in [0.25, 0.3) is 0 Å². The molecule has 134 valence electrons. The minimum absolute atomic E-state index is 0.154. The molecule has 0 saturated carbocycles. The zero-order chi connectivity index (χ0) is 17.8. The fourth-order valence-electron chi connectivity index (χ4n) is 2.86. The Morgan fingerprint density at radius 1 is 1.33 bits per heavy atom. The number of sulfone groups is 1. The molecular weight excluding hydrogens is 326 g/mol. The standard InChI is InChI=1S/C17H27N3O3S/c1-17(2)13-20(9-10-24(17,21)22)16(18-3)19-11-14-7-5-6-8-15(14)12-23-4/h5-8H,9-13H2,1-4H3,(H,18,19). The van der Waals surface area contributed by atoms with Gasteiger partial charge in [0.05, 0.1) is 17.1 Å². The second kappa shape index (κ2) is 7.53. The van der Waals surface area contributed by atoms with Gasteiger partial charge in [-0.05, 0) is 25.0 Å². The summed E-state index contributed by atoms with van der Waals surface area (Å²) in [7, 11) is 0.344. The van der Waals surface area contributed by atoms with Crippen molar-refractivity contribution in [3.63, 3.8) is 0 Å². The first-order valence-corrected chi connectivity index (χ1v) is 9.69. The van der Waals surface area contributed by atoms with Gasteiger partial charge < -0.3 is 15.0 Å². The van der Waals surface area contributed by atoms with Crippen molar-refractivity contribution < 1.29 is 13.2 Å². The number of hydrogen-bond acceptors (Lipinski definition) is 4. The first-order chi connectivity index (χ1) is 11.3. The normalized spacial score (nSPS) is 20.0. The molecular formula is C17H27N3O3S. The number of rotatable bonds is 4. The molecule has 0 radical (unpaired) electrons. The van der Waals surface area contributed by atoms with Crippen molar-refractivity contribution in [3.05, 3.63) is 35.4 Å². The molecule has 0 bridgehead atoms. The summed E-state index contributed by atoms with van der Waals surface area (Å²) in [6.07, 6.45) is 0. The van der Waals surface area contributed by atoms with Crippen LogP contribution < -0.4 is 5.32 Å². The Labute approximate surface area is 144 Å². The molecule has 0 aliphatic carbocycles. The van der Waals surface area contributed by atoms with Crippen LogP contribution in [0, 0.1) is 0 Å². The third-order valence-corrected chi connectivity index (χ3v) is 6.94. The summed E-state index contributed by atoms with van der Waals surface area (Å²) in [5.41, 5.74) is 2.27. The minimum atomic E-state index is -3.06. The van der Waals surface area contributed by atoms with E-state index in [9.17, 15) is 8.42 Å². The molecule has 1 fully saturated rings. The number of aliphatic imine (C=N–C) groups is 1. The Kier molecular flexibility index (Phi) is 5.87. The largest absolute Gasteiger partial charge is 0.380 e. The Morgan fingerprint density at radius 2 is 2.00 bits per heavy atom. The molecule has 1 saturated heterocycles. The van der Waals surface area contributed by atoms with Crippen LogP contribution in [0.1, 0.15) is 25.0 Å². The maximum atomic E-state index is 12.2. The van der Waals surface area contributed by atoms with Crippen LogP contribution in [-0.2, 0) is 27.7 Å². The molecule has 1 aromatic rings. The monoisotopic (exact) mass is 353 g/mol. The Balaban J connectivity index is 2.07. The van der Waals surface area contributed by atoms with E-state index in [1.807, 2.05) is 23.1 Å². The second-order valence-electron chi connectivity index (χ2n) is 6.60. The molecule has 0 atom stereocenters. The van der Waals surface area contributed by atoms with Gasteiger partial charge in [-0.25, -0.2) is 8.42 Å². The molecule has 1 heterocycles. The van der Waals surface area contributed by atoms with Crippen LogP contribution in [0.15, 0.2) is 29.3 Å². The minimum Gasteiger partial charge on any atom is -0.380 e. The van der Waals surface area contributed by atoms with Gasteiger partial charge >= 0.3 is 0 Å². The average molecular weight is 353 g/mol. The maximum Gasteiger partial charge on any atom is 0.193 e. The van der Waals surface area contributed by atoms with E-state index >= 15 is 0 Å². The van der Waals surface area contributed by atoms with Crippen molar-refractivity contribution in [3.8, 4) is 0 Å². The van der Waals surface area contributed by atoms with E-state index in [-0.39, 0.29) is 5.75 Å². The van der Waals surface area contributed by atoms with E-state index in [0.717, 1.165) is 17.1 Å². The number of guanidine groups is 1. The van der Waals surface area contributed by atoms with Crippen LogP contribution >= 0.6 is 0 Å². The van der Waals surface area contributed by atoms with Crippen LogP contribution in [0.3, 0.4) is 0 Å². The van der Waals surface area contributed by atoms with Crippen LogP contribution in [0.2, 0.25) is 0 Å². The van der Waals surface area contributed by atoms with Gasteiger partial charge in [0.15, 0.2) is 15.8 Å². The van der Waals surface area contributed by atoms with Gasteiger partial charge in [0, 0.05) is 33.8 Å². The number of ether oxygens (including phenoxy) is 1. The maximum absolute atomic E-state index is 12.2. The number of benzene rings is 1. The van der Waals surface area contributed by atoms with Gasteiger partial charge in [0.25, 0.3) is 0 Å². The van der Waals surface area contributed by atoms with Gasteiger partial charge in [-0.2, -0.15) is 0 Å². The first kappa shape index (κ1) is 18.7. The van der Waals surface area contributed by atoms with Crippen molar-refractivity contribution >= 4 is 15.8 Å². The smallest absolute Gasteiger partial charge is 0.193 e. The van der Waals surface area contributed by atoms with E-state index in [0.29, 0.717) is 26.2 Å². The molecule has 0 unspecified atom stereocenters.